The summed E-state index contributed by atoms with van der Waals surface area (Å²) in [6.07, 6.45) is 6.97. The number of hydrogen-bond acceptors (Lipinski definition) is 6. The lowest BCUT2D eigenvalue weighted by atomic mass is 10.1. The molecule has 0 amide bonds. The molecule has 0 atom stereocenters. The third-order valence-electron chi connectivity index (χ3n) is 6.43. The lowest BCUT2D eigenvalue weighted by Crippen LogP contribution is -2.01. The first-order chi connectivity index (χ1) is 19.3. The molecule has 0 fully saturated rings. The molecule has 0 bridgehead atoms. The summed E-state index contributed by atoms with van der Waals surface area (Å²) in [5.74, 6) is 2.51. The first-order valence-corrected chi connectivity index (χ1v) is 12.5. The molecule has 0 aliphatic carbocycles. The van der Waals surface area contributed by atoms with Gasteiger partial charge < -0.3 is 0 Å². The normalized spacial score (nSPS) is 11.1. The fraction of sp³-hybridized carbons (Fsp3) is 0. The number of para-hydroxylation sites is 3. The Bertz CT molecular complexity index is 1840. The highest BCUT2D eigenvalue weighted by Gasteiger charge is 2.17. The molecule has 0 aliphatic heterocycles. The lowest BCUT2D eigenvalue weighted by molar-refractivity contribution is 1.07. The standard InChI is InChI=1S/C32H21N7/c1-2-13-26(14-3-1)39-28-16-5-4-15-27(28)35-32(39)23-10-6-9-22(19-23)29-36-30(24-11-7-17-33-20-24)38-31(37-29)25-12-8-18-34-21-25/h1-21H. The first-order valence-electron chi connectivity index (χ1n) is 12.5. The largest absolute Gasteiger partial charge is 0.292 e. The van der Waals surface area contributed by atoms with Crippen LogP contribution in [-0.4, -0.2) is 34.5 Å². The molecule has 7 heteroatoms. The summed E-state index contributed by atoms with van der Waals surface area (Å²) in [5, 5.41) is 0. The molecular formula is C32H21N7. The van der Waals surface area contributed by atoms with Crippen molar-refractivity contribution in [3.05, 3.63) is 128 Å². The third-order valence-corrected chi connectivity index (χ3v) is 6.43. The van der Waals surface area contributed by atoms with Crippen molar-refractivity contribution in [2.75, 3.05) is 0 Å². The Hall–Kier alpha value is -5.56. The molecule has 0 N–H and O–H groups in total. The highest BCUT2D eigenvalue weighted by atomic mass is 15.1. The molecule has 0 saturated carbocycles. The maximum Gasteiger partial charge on any atom is 0.165 e. The van der Waals surface area contributed by atoms with Crippen molar-refractivity contribution < 1.29 is 0 Å². The van der Waals surface area contributed by atoms with E-state index in [2.05, 4.69) is 44.9 Å². The van der Waals surface area contributed by atoms with Crippen LogP contribution in [0.4, 0.5) is 0 Å². The summed E-state index contributed by atoms with van der Waals surface area (Å²) in [6, 6.07) is 34.2. The molecular weight excluding hydrogens is 482 g/mol. The fourth-order valence-corrected chi connectivity index (χ4v) is 4.61. The Kier molecular flexibility index (Phi) is 5.64. The van der Waals surface area contributed by atoms with Crippen LogP contribution in [0.5, 0.6) is 0 Å². The van der Waals surface area contributed by atoms with Gasteiger partial charge in [-0.3, -0.25) is 14.5 Å². The molecule has 4 aromatic heterocycles. The van der Waals surface area contributed by atoms with E-state index >= 15 is 0 Å². The van der Waals surface area contributed by atoms with Gasteiger partial charge in [0.15, 0.2) is 17.5 Å². The minimum Gasteiger partial charge on any atom is -0.292 e. The smallest absolute Gasteiger partial charge is 0.165 e. The lowest BCUT2D eigenvalue weighted by Gasteiger charge is -2.11. The Balaban J connectivity index is 1.41. The molecule has 3 aromatic carbocycles. The van der Waals surface area contributed by atoms with E-state index in [0.717, 1.165) is 44.8 Å². The van der Waals surface area contributed by atoms with Gasteiger partial charge in [0.25, 0.3) is 0 Å². The van der Waals surface area contributed by atoms with Gasteiger partial charge >= 0.3 is 0 Å². The van der Waals surface area contributed by atoms with E-state index in [0.29, 0.717) is 17.5 Å². The molecule has 0 saturated heterocycles. The summed E-state index contributed by atoms with van der Waals surface area (Å²) in [6.45, 7) is 0. The van der Waals surface area contributed by atoms with Gasteiger partial charge in [0, 0.05) is 52.7 Å². The summed E-state index contributed by atoms with van der Waals surface area (Å²) in [7, 11) is 0. The van der Waals surface area contributed by atoms with Crippen molar-refractivity contribution in [2.45, 2.75) is 0 Å². The maximum atomic E-state index is 5.02. The summed E-state index contributed by atoms with van der Waals surface area (Å²) in [4.78, 5) is 28.0. The summed E-state index contributed by atoms with van der Waals surface area (Å²) >= 11 is 0. The van der Waals surface area contributed by atoms with Crippen LogP contribution in [0.15, 0.2) is 128 Å². The van der Waals surface area contributed by atoms with Crippen LogP contribution in [-0.2, 0) is 0 Å². The third kappa shape index (κ3) is 4.32. The highest BCUT2D eigenvalue weighted by molar-refractivity contribution is 5.84. The van der Waals surface area contributed by atoms with Crippen LogP contribution in [0.25, 0.3) is 62.3 Å². The Morgan fingerprint density at radius 2 is 1.05 bits per heavy atom. The average molecular weight is 504 g/mol. The molecule has 184 valence electrons. The predicted octanol–water partition coefficient (Wildman–Crippen LogP) is 6.67. The zero-order chi connectivity index (χ0) is 26.0. The summed E-state index contributed by atoms with van der Waals surface area (Å²) in [5.41, 5.74) is 6.46. The van der Waals surface area contributed by atoms with Crippen LogP contribution in [0.2, 0.25) is 0 Å². The monoisotopic (exact) mass is 503 g/mol. The Labute approximate surface area is 224 Å². The van der Waals surface area contributed by atoms with Crippen LogP contribution >= 0.6 is 0 Å². The summed E-state index contributed by atoms with van der Waals surface area (Å²) < 4.78 is 2.18. The van der Waals surface area contributed by atoms with Crippen LogP contribution < -0.4 is 0 Å². The van der Waals surface area contributed by atoms with Gasteiger partial charge in [0.05, 0.1) is 11.0 Å². The van der Waals surface area contributed by atoms with Gasteiger partial charge in [-0.1, -0.05) is 48.5 Å². The average Bonchev–Trinajstić information content (AvgIpc) is 3.42. The van der Waals surface area contributed by atoms with Crippen molar-refractivity contribution in [1.82, 2.24) is 34.5 Å². The molecule has 39 heavy (non-hydrogen) atoms. The van der Waals surface area contributed by atoms with E-state index < -0.39 is 0 Å². The van der Waals surface area contributed by atoms with Gasteiger partial charge in [0.2, 0.25) is 0 Å². The first kappa shape index (κ1) is 22.6. The molecule has 0 unspecified atom stereocenters. The SMILES string of the molecule is c1ccc(-n2c(-c3cccc(-c4nc(-c5cccnc5)nc(-c5cccnc5)n4)c3)nc3ccccc32)cc1. The molecule has 4 heterocycles. The van der Waals surface area contributed by atoms with Gasteiger partial charge in [-0.25, -0.2) is 19.9 Å². The van der Waals surface area contributed by atoms with Crippen LogP contribution in [0.1, 0.15) is 0 Å². The molecule has 0 spiro atoms. The van der Waals surface area contributed by atoms with E-state index in [9.17, 15) is 0 Å². The van der Waals surface area contributed by atoms with E-state index in [1.807, 2.05) is 72.8 Å². The zero-order valence-corrected chi connectivity index (χ0v) is 20.8. The predicted molar refractivity (Wildman–Crippen MR) is 152 cm³/mol. The number of benzene rings is 3. The van der Waals surface area contributed by atoms with Gasteiger partial charge in [0.1, 0.15) is 5.82 Å². The van der Waals surface area contributed by atoms with Gasteiger partial charge in [-0.15, -0.1) is 0 Å². The molecule has 7 nitrogen and oxygen atoms in total. The number of nitrogens with zero attached hydrogens (tertiary/aromatic N) is 7. The second kappa shape index (κ2) is 9.72. The Morgan fingerprint density at radius 1 is 0.462 bits per heavy atom. The molecule has 0 radical (unpaired) electrons. The Morgan fingerprint density at radius 3 is 1.72 bits per heavy atom. The minimum absolute atomic E-state index is 0.550. The number of rotatable bonds is 5. The fourth-order valence-electron chi connectivity index (χ4n) is 4.61. The molecule has 0 aliphatic rings. The van der Waals surface area contributed by atoms with Crippen molar-refractivity contribution in [3.63, 3.8) is 0 Å². The second-order valence-corrected chi connectivity index (χ2v) is 8.97. The van der Waals surface area contributed by atoms with Gasteiger partial charge in [-0.2, -0.15) is 0 Å². The van der Waals surface area contributed by atoms with Gasteiger partial charge in [-0.05, 0) is 54.6 Å². The molecule has 7 aromatic rings. The zero-order valence-electron chi connectivity index (χ0n) is 20.8. The number of imidazole rings is 1. The van der Waals surface area contributed by atoms with Crippen molar-refractivity contribution >= 4 is 11.0 Å². The molecule has 7 rings (SSSR count). The number of fused-ring (bicyclic) bond motifs is 1. The van der Waals surface area contributed by atoms with Crippen molar-refractivity contribution in [1.29, 1.82) is 0 Å². The topological polar surface area (TPSA) is 82.3 Å². The quantitative estimate of drug-likeness (QED) is 0.261. The van der Waals surface area contributed by atoms with Crippen LogP contribution in [0.3, 0.4) is 0 Å². The van der Waals surface area contributed by atoms with E-state index in [1.54, 1.807) is 24.8 Å². The minimum atomic E-state index is 0.550. The van der Waals surface area contributed by atoms with E-state index in [1.165, 1.54) is 0 Å². The number of pyridine rings is 2. The van der Waals surface area contributed by atoms with E-state index in [4.69, 9.17) is 19.9 Å². The second-order valence-electron chi connectivity index (χ2n) is 8.97. The van der Waals surface area contributed by atoms with Crippen molar-refractivity contribution in [3.8, 4) is 51.2 Å². The van der Waals surface area contributed by atoms with Crippen LogP contribution in [0, 0.1) is 0 Å². The number of hydrogen-bond donors (Lipinski definition) is 0. The maximum absolute atomic E-state index is 5.02. The highest BCUT2D eigenvalue weighted by Crippen LogP contribution is 2.31. The van der Waals surface area contributed by atoms with Crippen molar-refractivity contribution in [2.24, 2.45) is 0 Å². The number of aromatic nitrogens is 7. The van der Waals surface area contributed by atoms with E-state index in [-0.39, 0.29) is 0 Å².